The van der Waals surface area contributed by atoms with Crippen molar-refractivity contribution in [3.05, 3.63) is 153 Å². The van der Waals surface area contributed by atoms with Crippen LogP contribution in [0.25, 0.3) is 0 Å². The van der Waals surface area contributed by atoms with Gasteiger partial charge in [0.25, 0.3) is 43.7 Å². The van der Waals surface area contributed by atoms with Crippen LogP contribution < -0.4 is 30.7 Å². The van der Waals surface area contributed by atoms with Crippen molar-refractivity contribution in [2.75, 3.05) is 23.7 Å². The molecule has 10 rings (SSSR count). The van der Waals surface area contributed by atoms with Gasteiger partial charge < -0.3 is 21.3 Å². The van der Waals surface area contributed by atoms with Crippen molar-refractivity contribution in [1.29, 1.82) is 0 Å². The molecule has 22 heteroatoms. The molecule has 4 aromatic carbocycles. The lowest BCUT2D eigenvalue weighted by atomic mass is 9.84. The van der Waals surface area contributed by atoms with Crippen molar-refractivity contribution >= 4 is 67.1 Å². The molecule has 4 aliphatic rings. The predicted molar refractivity (Wildman–Crippen MR) is 261 cm³/mol. The summed E-state index contributed by atoms with van der Waals surface area (Å²) in [5.74, 6) is -2.22. The molecule has 0 saturated heterocycles. The molecule has 2 atom stereocenters. The van der Waals surface area contributed by atoms with Gasteiger partial charge in [0.15, 0.2) is 5.03 Å². The summed E-state index contributed by atoms with van der Waals surface area (Å²) in [5.41, 5.74) is 9.96. The highest BCUT2D eigenvalue weighted by Gasteiger charge is 2.39. The number of anilines is 2. The molecular weight excluding hydrogens is 965 g/mol. The van der Waals surface area contributed by atoms with E-state index in [4.69, 9.17) is 0 Å². The van der Waals surface area contributed by atoms with E-state index in [2.05, 4.69) is 53.0 Å². The fourth-order valence-electron chi connectivity index (χ4n) is 10.5. The van der Waals surface area contributed by atoms with E-state index in [-0.39, 0.29) is 11.8 Å². The topological polar surface area (TPSA) is 279 Å². The van der Waals surface area contributed by atoms with E-state index in [1.165, 1.54) is 0 Å². The quantitative estimate of drug-likeness (QED) is 0.0922. The van der Waals surface area contributed by atoms with Gasteiger partial charge in [0, 0.05) is 28.7 Å². The van der Waals surface area contributed by atoms with Gasteiger partial charge in [-0.2, -0.15) is 18.6 Å². The number of nitrogens with zero attached hydrogens (tertiary/aromatic N) is 4. The third-order valence-corrected chi connectivity index (χ3v) is 16.3. The third-order valence-electron chi connectivity index (χ3n) is 13.8. The van der Waals surface area contributed by atoms with Crippen LogP contribution in [-0.2, 0) is 65.0 Å². The number of fused-ring (bicyclic) bond motifs is 4. The van der Waals surface area contributed by atoms with Crippen molar-refractivity contribution in [3.63, 3.8) is 0 Å². The van der Waals surface area contributed by atoms with Crippen LogP contribution in [0.5, 0.6) is 0 Å². The molecule has 2 unspecified atom stereocenters. The maximum Gasteiger partial charge on any atom is 0.333 e. The summed E-state index contributed by atoms with van der Waals surface area (Å²) in [6.45, 7) is -0.902. The number of hydrogen-bond acceptors (Lipinski definition) is 12. The van der Waals surface area contributed by atoms with Gasteiger partial charge in [-0.1, -0.05) is 48.5 Å². The summed E-state index contributed by atoms with van der Waals surface area (Å²) in [7, 11) is -9.02. The predicted octanol–water partition coefficient (Wildman–Crippen LogP) is 4.66. The van der Waals surface area contributed by atoms with E-state index in [9.17, 15) is 45.6 Å². The number of carbonyl (C=O) groups excluding carboxylic acids is 6. The van der Waals surface area contributed by atoms with Crippen molar-refractivity contribution < 1.29 is 45.6 Å². The van der Waals surface area contributed by atoms with E-state index in [1.54, 1.807) is 60.7 Å². The Morgan fingerprint density at radius 1 is 0.597 bits per heavy atom. The van der Waals surface area contributed by atoms with Gasteiger partial charge in [0.2, 0.25) is 0 Å². The number of nitrogens with one attached hydrogen (secondary N) is 6. The number of benzene rings is 4. The lowest BCUT2D eigenvalue weighted by Gasteiger charge is -2.22. The summed E-state index contributed by atoms with van der Waals surface area (Å²) in [4.78, 5) is 77.2. The minimum Gasteiger partial charge on any atom is -0.343 e. The Bertz CT molecular complexity index is 3450. The molecule has 0 spiro atoms. The van der Waals surface area contributed by atoms with Gasteiger partial charge in [0.1, 0.15) is 4.90 Å². The largest absolute Gasteiger partial charge is 0.343 e. The number of carbonyl (C=O) groups is 6. The van der Waals surface area contributed by atoms with Crippen molar-refractivity contribution in [1.82, 2.24) is 39.6 Å². The van der Waals surface area contributed by atoms with Gasteiger partial charge in [-0.05, 0) is 151 Å². The van der Waals surface area contributed by atoms with E-state index in [0.717, 1.165) is 111 Å². The van der Waals surface area contributed by atoms with Crippen molar-refractivity contribution in [3.8, 4) is 0 Å². The van der Waals surface area contributed by atoms with E-state index < -0.39 is 78.7 Å². The maximum absolute atomic E-state index is 13.6. The third kappa shape index (κ3) is 9.61. The lowest BCUT2D eigenvalue weighted by molar-refractivity contribution is 0.0849. The summed E-state index contributed by atoms with van der Waals surface area (Å²) in [6, 6.07) is 20.1. The molecule has 0 saturated carbocycles. The number of rotatable bonds is 13. The monoisotopic (exact) mass is 1010 g/mol. The van der Waals surface area contributed by atoms with Gasteiger partial charge in [-0.15, -0.1) is 0 Å². The fraction of sp³-hybridized carbons (Fsp3) is 0.280. The zero-order chi connectivity index (χ0) is 50.3. The Morgan fingerprint density at radius 3 is 1.79 bits per heavy atom. The molecular formula is C50H48N10O10S2. The molecule has 0 fully saturated rings. The van der Waals surface area contributed by atoms with Crippen LogP contribution in [-0.4, -0.2) is 85.2 Å². The number of aromatic nitrogens is 4. The summed E-state index contributed by atoms with van der Waals surface area (Å²) in [5, 5.41) is 17.9. The summed E-state index contributed by atoms with van der Waals surface area (Å²) >= 11 is 0. The number of urea groups is 2. The Labute approximate surface area is 413 Å². The first-order chi connectivity index (χ1) is 34.6. The Balaban J connectivity index is 0.801. The minimum absolute atomic E-state index is 0.0628. The Kier molecular flexibility index (Phi) is 12.8. The molecule has 6 amide bonds. The molecule has 2 heterocycles. The average molecular weight is 1010 g/mol. The molecule has 6 N–H and O–H groups in total. The molecule has 0 aliphatic heterocycles. The number of sulfonamides is 2. The van der Waals surface area contributed by atoms with Gasteiger partial charge in [-0.25, -0.2) is 36.8 Å². The molecule has 370 valence electrons. The highest BCUT2D eigenvalue weighted by atomic mass is 32.2. The van der Waals surface area contributed by atoms with Crippen LogP contribution in [0.15, 0.2) is 107 Å². The van der Waals surface area contributed by atoms with Crippen molar-refractivity contribution in [2.24, 2.45) is 5.92 Å². The fourth-order valence-corrected chi connectivity index (χ4v) is 12.2. The van der Waals surface area contributed by atoms with Crippen molar-refractivity contribution in [2.45, 2.75) is 80.0 Å². The second-order valence-corrected chi connectivity index (χ2v) is 21.5. The molecule has 72 heavy (non-hydrogen) atoms. The highest BCUT2D eigenvalue weighted by Crippen LogP contribution is 2.51. The molecule has 20 nitrogen and oxygen atoms in total. The van der Waals surface area contributed by atoms with Gasteiger partial charge >= 0.3 is 12.1 Å². The first-order valence-corrected chi connectivity index (χ1v) is 26.4. The first kappa shape index (κ1) is 47.7. The summed E-state index contributed by atoms with van der Waals surface area (Å²) in [6.07, 6.45) is 10.5. The molecule has 0 radical (unpaired) electrons. The van der Waals surface area contributed by atoms with Crippen LogP contribution >= 0.6 is 0 Å². The van der Waals surface area contributed by atoms with Crippen LogP contribution in [0.1, 0.15) is 100.0 Å². The SMILES string of the molecule is O=C(Nc1c2c(cc3c1CCC3C1Cc3cc4c(c(NC(=O)NS(=O)(=O)c5ccn(C(=O)CNC(=O)c6ccccc6)n5)c3C1)CCC4)CCC2)NS(=O)(=O)c1cnn(C(=O)CNC(=O)c2ccccc2)c1. The number of amides is 6. The summed E-state index contributed by atoms with van der Waals surface area (Å²) < 4.78 is 59.4. The Hall–Kier alpha value is -7.98. The normalized spacial score (nSPS) is 16.4. The van der Waals surface area contributed by atoms with Crippen LogP contribution in [0.3, 0.4) is 0 Å². The smallest absolute Gasteiger partial charge is 0.333 e. The van der Waals surface area contributed by atoms with Gasteiger partial charge in [0.05, 0.1) is 25.5 Å². The minimum atomic E-state index is -4.54. The highest BCUT2D eigenvalue weighted by molar-refractivity contribution is 7.90. The van der Waals surface area contributed by atoms with E-state index in [1.807, 2.05) is 0 Å². The number of aryl methyl sites for hydroxylation is 2. The molecule has 4 aliphatic carbocycles. The molecule has 0 bridgehead atoms. The lowest BCUT2D eigenvalue weighted by Crippen LogP contribution is -2.35. The standard InChI is InChI=1S/C50H48N10O10S2/c61-43(26-51-47(63)29-9-3-1-4-10-29)59-20-19-42(56-59)72(69,70)58-50(66)55-46-37-15-7-13-31(37)21-33-22-34(24-40(33)46)36-17-18-39-41(36)23-32-14-8-16-38(32)45(39)54-49(65)57-71(67,68)35-25-53-60(28-35)44(62)27-52-48(64)30-11-5-2-6-12-30/h1-6,9-12,19-21,23,25,28,34,36H,7-8,13-18,22,24,26-27H2,(H,51,63)(H,52,64)(H2,54,57,65)(H2,55,58,66). The Morgan fingerprint density at radius 2 is 1.17 bits per heavy atom. The zero-order valence-electron chi connectivity index (χ0n) is 38.6. The zero-order valence-corrected chi connectivity index (χ0v) is 40.2. The van der Waals surface area contributed by atoms with Crippen LogP contribution in [0.2, 0.25) is 0 Å². The number of hydrogen-bond donors (Lipinski definition) is 6. The average Bonchev–Trinajstić information content (AvgIpc) is 4.23. The van der Waals surface area contributed by atoms with E-state index in [0.29, 0.717) is 54.6 Å². The van der Waals surface area contributed by atoms with Gasteiger partial charge in [-0.3, -0.25) is 19.2 Å². The second-order valence-electron chi connectivity index (χ2n) is 18.2. The van der Waals surface area contributed by atoms with E-state index >= 15 is 0 Å². The molecule has 6 aromatic rings. The first-order valence-electron chi connectivity index (χ1n) is 23.5. The van der Waals surface area contributed by atoms with Crippen LogP contribution in [0.4, 0.5) is 21.0 Å². The molecule has 2 aromatic heterocycles. The second kappa shape index (κ2) is 19.3. The van der Waals surface area contributed by atoms with Crippen LogP contribution in [0, 0.1) is 5.92 Å². The maximum atomic E-state index is 13.6.